The zero-order chi connectivity index (χ0) is 20.6. The molecule has 0 amide bonds. The normalized spacial score (nSPS) is 11.4. The Morgan fingerprint density at radius 2 is 1.73 bits per heavy atom. The summed E-state index contributed by atoms with van der Waals surface area (Å²) in [6.45, 7) is 1.08. The molecule has 0 saturated heterocycles. The van der Waals surface area contributed by atoms with Crippen molar-refractivity contribution in [2.75, 3.05) is 7.11 Å². The average molecular weight is 397 g/mol. The van der Waals surface area contributed by atoms with Crippen molar-refractivity contribution in [1.82, 2.24) is 10.5 Å². The zero-order valence-corrected chi connectivity index (χ0v) is 16.8. The molecule has 5 nitrogen and oxygen atoms in total. The number of amidine groups is 1. The number of fused-ring (bicyclic) bond motifs is 1. The van der Waals surface area contributed by atoms with Gasteiger partial charge in [-0.1, -0.05) is 48.5 Å². The minimum absolute atomic E-state index is 0.524. The highest BCUT2D eigenvalue weighted by Crippen LogP contribution is 2.16. The quantitative estimate of drug-likeness (QED) is 0.273. The first-order chi connectivity index (χ1) is 14.8. The van der Waals surface area contributed by atoms with Crippen molar-refractivity contribution in [2.45, 2.75) is 13.2 Å². The van der Waals surface area contributed by atoms with E-state index < -0.39 is 0 Å². The van der Waals surface area contributed by atoms with Gasteiger partial charge in [-0.2, -0.15) is 0 Å². The molecule has 0 fully saturated rings. The van der Waals surface area contributed by atoms with Gasteiger partial charge in [0.1, 0.15) is 12.4 Å². The topological polar surface area (TPSA) is 55.7 Å². The molecule has 0 unspecified atom stereocenters. The summed E-state index contributed by atoms with van der Waals surface area (Å²) in [6.07, 6.45) is 1.79. The molecule has 1 aromatic heterocycles. The van der Waals surface area contributed by atoms with E-state index in [1.165, 1.54) is 0 Å². The van der Waals surface area contributed by atoms with Crippen molar-refractivity contribution in [3.8, 4) is 5.75 Å². The predicted octanol–water partition coefficient (Wildman–Crippen LogP) is 4.91. The Morgan fingerprint density at radius 1 is 0.900 bits per heavy atom. The third kappa shape index (κ3) is 5.01. The number of aliphatic imine (C=N–C) groups is 1. The first-order valence-corrected chi connectivity index (χ1v) is 9.76. The van der Waals surface area contributed by atoms with Crippen molar-refractivity contribution in [2.24, 2.45) is 4.99 Å². The first kappa shape index (κ1) is 19.6. The van der Waals surface area contributed by atoms with Crippen LogP contribution in [0.15, 0.2) is 96.1 Å². The largest absolute Gasteiger partial charge is 0.489 e. The number of pyridine rings is 1. The Morgan fingerprint density at radius 3 is 2.53 bits per heavy atom. The van der Waals surface area contributed by atoms with Crippen molar-refractivity contribution < 1.29 is 9.57 Å². The second kappa shape index (κ2) is 9.67. The second-order valence-corrected chi connectivity index (χ2v) is 6.80. The summed E-state index contributed by atoms with van der Waals surface area (Å²) < 4.78 is 5.85. The van der Waals surface area contributed by atoms with Crippen LogP contribution >= 0.6 is 0 Å². The lowest BCUT2D eigenvalue weighted by Crippen LogP contribution is -2.23. The SMILES string of the molecule is CONC(=NCc1ccc(OCc2ccccc2)cc1)c1ccc2ncccc2c1. The third-order valence-corrected chi connectivity index (χ3v) is 4.67. The number of rotatable bonds is 7. The number of hydroxylamine groups is 1. The van der Waals surface area contributed by atoms with Gasteiger partial charge in [0.25, 0.3) is 0 Å². The van der Waals surface area contributed by atoms with E-state index in [-0.39, 0.29) is 0 Å². The van der Waals surface area contributed by atoms with Crippen LogP contribution in [0.1, 0.15) is 16.7 Å². The van der Waals surface area contributed by atoms with E-state index in [0.717, 1.165) is 33.3 Å². The highest BCUT2D eigenvalue weighted by atomic mass is 16.6. The van der Waals surface area contributed by atoms with Crippen LogP contribution in [-0.4, -0.2) is 17.9 Å². The van der Waals surface area contributed by atoms with Gasteiger partial charge in [-0.25, -0.2) is 5.48 Å². The van der Waals surface area contributed by atoms with E-state index in [9.17, 15) is 0 Å². The molecular weight excluding hydrogens is 374 g/mol. The second-order valence-electron chi connectivity index (χ2n) is 6.80. The number of hydrogen-bond acceptors (Lipinski definition) is 4. The van der Waals surface area contributed by atoms with Gasteiger partial charge in [0.15, 0.2) is 5.84 Å². The molecular formula is C25H23N3O2. The lowest BCUT2D eigenvalue weighted by Gasteiger charge is -2.10. The van der Waals surface area contributed by atoms with Crippen LogP contribution in [0.25, 0.3) is 10.9 Å². The maximum absolute atomic E-state index is 5.85. The van der Waals surface area contributed by atoms with E-state index in [2.05, 4.69) is 22.6 Å². The van der Waals surface area contributed by atoms with E-state index in [4.69, 9.17) is 14.6 Å². The predicted molar refractivity (Wildman–Crippen MR) is 119 cm³/mol. The van der Waals surface area contributed by atoms with Crippen LogP contribution in [0.3, 0.4) is 0 Å². The molecule has 0 saturated carbocycles. The Labute approximate surface area is 176 Å². The van der Waals surface area contributed by atoms with Gasteiger partial charge in [-0.15, -0.1) is 0 Å². The molecule has 1 N–H and O–H groups in total. The fraction of sp³-hybridized carbons (Fsp3) is 0.120. The lowest BCUT2D eigenvalue weighted by atomic mass is 10.1. The monoisotopic (exact) mass is 397 g/mol. The maximum atomic E-state index is 5.85. The van der Waals surface area contributed by atoms with Gasteiger partial charge in [0.2, 0.25) is 0 Å². The summed E-state index contributed by atoms with van der Waals surface area (Å²) in [7, 11) is 1.58. The highest BCUT2D eigenvalue weighted by Gasteiger charge is 2.05. The fourth-order valence-electron chi connectivity index (χ4n) is 3.10. The molecule has 1 heterocycles. The van der Waals surface area contributed by atoms with Gasteiger partial charge in [0, 0.05) is 17.1 Å². The molecule has 0 aliphatic heterocycles. The lowest BCUT2D eigenvalue weighted by molar-refractivity contribution is 0.144. The number of nitrogens with zero attached hydrogens (tertiary/aromatic N) is 2. The van der Waals surface area contributed by atoms with E-state index >= 15 is 0 Å². The summed E-state index contributed by atoms with van der Waals surface area (Å²) in [5.41, 5.74) is 7.01. The van der Waals surface area contributed by atoms with Crippen LogP contribution in [0.4, 0.5) is 0 Å². The van der Waals surface area contributed by atoms with E-state index in [0.29, 0.717) is 19.0 Å². The molecule has 4 rings (SSSR count). The summed E-state index contributed by atoms with van der Waals surface area (Å²) >= 11 is 0. The molecule has 0 spiro atoms. The van der Waals surface area contributed by atoms with Gasteiger partial charge in [-0.3, -0.25) is 14.8 Å². The minimum Gasteiger partial charge on any atom is -0.489 e. The standard InChI is InChI=1S/C25H23N3O2/c1-29-28-25(22-11-14-24-21(16-22)8-5-15-26-24)27-17-19-9-12-23(13-10-19)30-18-20-6-3-2-4-7-20/h2-16H,17-18H2,1H3,(H,27,28). The van der Waals surface area contributed by atoms with Crippen LogP contribution in [0.2, 0.25) is 0 Å². The smallest absolute Gasteiger partial charge is 0.152 e. The van der Waals surface area contributed by atoms with Crippen molar-refractivity contribution in [1.29, 1.82) is 0 Å². The molecule has 0 aliphatic rings. The number of aromatic nitrogens is 1. The van der Waals surface area contributed by atoms with E-state index in [1.54, 1.807) is 13.3 Å². The van der Waals surface area contributed by atoms with Crippen LogP contribution < -0.4 is 10.2 Å². The van der Waals surface area contributed by atoms with Crippen LogP contribution in [-0.2, 0) is 18.0 Å². The van der Waals surface area contributed by atoms with Crippen molar-refractivity contribution in [3.63, 3.8) is 0 Å². The van der Waals surface area contributed by atoms with E-state index in [1.807, 2.05) is 72.8 Å². The zero-order valence-electron chi connectivity index (χ0n) is 16.8. The van der Waals surface area contributed by atoms with Gasteiger partial charge >= 0.3 is 0 Å². The Kier molecular flexibility index (Phi) is 6.32. The molecule has 150 valence electrons. The van der Waals surface area contributed by atoms with Crippen LogP contribution in [0, 0.1) is 0 Å². The molecule has 5 heteroatoms. The molecule has 0 atom stereocenters. The fourth-order valence-corrected chi connectivity index (χ4v) is 3.10. The first-order valence-electron chi connectivity index (χ1n) is 9.76. The highest BCUT2D eigenvalue weighted by molar-refractivity contribution is 6.01. The Hall–Kier alpha value is -3.70. The molecule has 3 aromatic carbocycles. The summed E-state index contributed by atoms with van der Waals surface area (Å²) in [4.78, 5) is 14.2. The maximum Gasteiger partial charge on any atom is 0.152 e. The minimum atomic E-state index is 0.524. The molecule has 0 aliphatic carbocycles. The van der Waals surface area contributed by atoms with Crippen molar-refractivity contribution in [3.05, 3.63) is 108 Å². The summed E-state index contributed by atoms with van der Waals surface area (Å²) in [6, 6.07) is 28.1. The number of benzene rings is 3. The Bertz CT molecular complexity index is 1130. The van der Waals surface area contributed by atoms with Crippen LogP contribution in [0.5, 0.6) is 5.75 Å². The molecule has 0 bridgehead atoms. The number of nitrogens with one attached hydrogen (secondary N) is 1. The Balaban J connectivity index is 1.44. The summed E-state index contributed by atoms with van der Waals surface area (Å²) in [5.74, 6) is 1.51. The third-order valence-electron chi connectivity index (χ3n) is 4.67. The van der Waals surface area contributed by atoms with Gasteiger partial charge < -0.3 is 4.74 Å². The van der Waals surface area contributed by atoms with Crippen molar-refractivity contribution >= 4 is 16.7 Å². The van der Waals surface area contributed by atoms with Gasteiger partial charge in [-0.05, 0) is 47.5 Å². The summed E-state index contributed by atoms with van der Waals surface area (Å²) in [5, 5.41) is 1.06. The molecule has 0 radical (unpaired) electrons. The molecule has 30 heavy (non-hydrogen) atoms. The number of ether oxygens (including phenoxy) is 1. The van der Waals surface area contributed by atoms with Gasteiger partial charge in [0.05, 0.1) is 19.2 Å². The molecule has 4 aromatic rings. The average Bonchev–Trinajstić information content (AvgIpc) is 2.81. The number of hydrogen-bond donors (Lipinski definition) is 1.